The van der Waals surface area contributed by atoms with Crippen molar-refractivity contribution in [2.75, 3.05) is 18.8 Å². The third kappa shape index (κ3) is 3.70. The van der Waals surface area contributed by atoms with Crippen LogP contribution in [-0.4, -0.2) is 35.8 Å². The fourth-order valence-corrected chi connectivity index (χ4v) is 2.01. The highest BCUT2D eigenvalue weighted by atomic mass is 35.5. The first-order valence-corrected chi connectivity index (χ1v) is 6.82. The molecule has 6 heteroatoms. The summed E-state index contributed by atoms with van der Waals surface area (Å²) >= 11 is 6.03. The number of hydrogen-bond acceptors (Lipinski definition) is 4. The molecule has 5 nitrogen and oxygen atoms in total. The van der Waals surface area contributed by atoms with Gasteiger partial charge in [-0.3, -0.25) is 0 Å². The first-order chi connectivity index (χ1) is 9.24. The molecule has 0 saturated carbocycles. The fraction of sp³-hybridized carbons (Fsp3) is 0.500. The van der Waals surface area contributed by atoms with E-state index in [1.165, 1.54) is 0 Å². The third-order valence-corrected chi connectivity index (χ3v) is 3.04. The van der Waals surface area contributed by atoms with Crippen LogP contribution in [0.25, 0.3) is 0 Å². The maximum Gasteiger partial charge on any atom is 0.410 e. The molecule has 2 rings (SSSR count). The lowest BCUT2D eigenvalue weighted by molar-refractivity contribution is -0.0221. The summed E-state index contributed by atoms with van der Waals surface area (Å²) in [7, 11) is 0. The van der Waals surface area contributed by atoms with Crippen molar-refractivity contribution in [1.82, 2.24) is 4.90 Å². The molecule has 110 valence electrons. The van der Waals surface area contributed by atoms with E-state index in [9.17, 15) is 4.79 Å². The molecule has 2 N–H and O–H groups in total. The molecule has 1 heterocycles. The summed E-state index contributed by atoms with van der Waals surface area (Å²) in [4.78, 5) is 13.4. The van der Waals surface area contributed by atoms with Gasteiger partial charge in [0.05, 0.1) is 18.1 Å². The molecule has 0 spiro atoms. The number of anilines is 1. The van der Waals surface area contributed by atoms with Crippen molar-refractivity contribution in [1.29, 1.82) is 0 Å². The van der Waals surface area contributed by atoms with Crippen LogP contribution in [-0.2, 0) is 4.74 Å². The Morgan fingerprint density at radius 1 is 1.40 bits per heavy atom. The first kappa shape index (κ1) is 14.8. The zero-order chi connectivity index (χ0) is 14.9. The van der Waals surface area contributed by atoms with Crippen LogP contribution < -0.4 is 10.5 Å². The van der Waals surface area contributed by atoms with Crippen LogP contribution >= 0.6 is 11.6 Å². The summed E-state index contributed by atoms with van der Waals surface area (Å²) in [5.41, 5.74) is 5.72. The van der Waals surface area contributed by atoms with Crippen molar-refractivity contribution in [3.05, 3.63) is 23.2 Å². The Morgan fingerprint density at radius 3 is 2.60 bits per heavy atom. The third-order valence-electron chi connectivity index (χ3n) is 2.75. The summed E-state index contributed by atoms with van der Waals surface area (Å²) in [5.74, 6) is 0.578. The van der Waals surface area contributed by atoms with Crippen molar-refractivity contribution < 1.29 is 14.3 Å². The zero-order valence-corrected chi connectivity index (χ0v) is 12.6. The van der Waals surface area contributed by atoms with Gasteiger partial charge in [0.1, 0.15) is 17.5 Å². The van der Waals surface area contributed by atoms with Gasteiger partial charge in [0.2, 0.25) is 0 Å². The number of amides is 1. The van der Waals surface area contributed by atoms with Gasteiger partial charge in [0, 0.05) is 5.69 Å². The topological polar surface area (TPSA) is 64.8 Å². The Kier molecular flexibility index (Phi) is 3.99. The number of halogens is 1. The Bertz CT molecular complexity index is 508. The van der Waals surface area contributed by atoms with Gasteiger partial charge in [-0.25, -0.2) is 4.79 Å². The normalized spacial score (nSPS) is 15.7. The molecule has 0 aromatic heterocycles. The van der Waals surface area contributed by atoms with Gasteiger partial charge in [0.25, 0.3) is 0 Å². The predicted molar refractivity (Wildman–Crippen MR) is 78.1 cm³/mol. The van der Waals surface area contributed by atoms with E-state index in [1.54, 1.807) is 23.1 Å². The summed E-state index contributed by atoms with van der Waals surface area (Å²) in [6.07, 6.45) is -0.385. The molecule has 1 saturated heterocycles. The second-order valence-corrected chi connectivity index (χ2v) is 6.22. The molecule has 0 aliphatic carbocycles. The van der Waals surface area contributed by atoms with Gasteiger partial charge in [-0.2, -0.15) is 0 Å². The van der Waals surface area contributed by atoms with E-state index < -0.39 is 5.60 Å². The number of benzene rings is 1. The molecular weight excluding hydrogens is 280 g/mol. The smallest absolute Gasteiger partial charge is 0.410 e. The fourth-order valence-electron chi connectivity index (χ4n) is 1.78. The molecule has 1 aliphatic rings. The number of rotatable bonds is 2. The summed E-state index contributed by atoms with van der Waals surface area (Å²) < 4.78 is 11.0. The van der Waals surface area contributed by atoms with Gasteiger partial charge in [-0.1, -0.05) is 11.6 Å². The molecule has 1 amide bonds. The summed E-state index contributed by atoms with van der Waals surface area (Å²) in [6, 6.07) is 5.10. The molecule has 20 heavy (non-hydrogen) atoms. The van der Waals surface area contributed by atoms with Crippen molar-refractivity contribution in [3.8, 4) is 5.75 Å². The number of carbonyl (C=O) groups is 1. The van der Waals surface area contributed by atoms with E-state index in [1.807, 2.05) is 20.8 Å². The number of ether oxygens (including phenoxy) is 2. The SMILES string of the molecule is CC(C)(C)OC(=O)N1CC(Oc2ccc(N)cc2Cl)C1. The number of nitrogens with zero attached hydrogens (tertiary/aromatic N) is 1. The highest BCUT2D eigenvalue weighted by molar-refractivity contribution is 6.32. The first-order valence-electron chi connectivity index (χ1n) is 6.44. The van der Waals surface area contributed by atoms with Gasteiger partial charge >= 0.3 is 6.09 Å². The van der Waals surface area contributed by atoms with E-state index in [0.717, 1.165) is 0 Å². The van der Waals surface area contributed by atoms with E-state index in [0.29, 0.717) is 29.5 Å². The number of likely N-dealkylation sites (tertiary alicyclic amines) is 1. The molecule has 0 atom stereocenters. The largest absolute Gasteiger partial charge is 0.485 e. The second kappa shape index (κ2) is 5.40. The molecule has 1 aliphatic heterocycles. The quantitative estimate of drug-likeness (QED) is 0.853. The van der Waals surface area contributed by atoms with Crippen LogP contribution in [0.5, 0.6) is 5.75 Å². The molecule has 0 bridgehead atoms. The van der Waals surface area contributed by atoms with Crippen LogP contribution in [0.4, 0.5) is 10.5 Å². The van der Waals surface area contributed by atoms with Crippen molar-refractivity contribution in [2.45, 2.75) is 32.5 Å². The highest BCUT2D eigenvalue weighted by Gasteiger charge is 2.35. The lowest BCUT2D eigenvalue weighted by atomic mass is 10.1. The number of nitrogen functional groups attached to an aromatic ring is 1. The minimum atomic E-state index is -0.483. The van der Waals surface area contributed by atoms with Gasteiger partial charge in [0.15, 0.2) is 0 Å². The zero-order valence-electron chi connectivity index (χ0n) is 11.9. The highest BCUT2D eigenvalue weighted by Crippen LogP contribution is 2.29. The minimum absolute atomic E-state index is 0.0661. The number of hydrogen-bond donors (Lipinski definition) is 1. The minimum Gasteiger partial charge on any atom is -0.485 e. The van der Waals surface area contributed by atoms with Crippen LogP contribution in [0, 0.1) is 0 Å². The maximum atomic E-state index is 11.8. The lowest BCUT2D eigenvalue weighted by Gasteiger charge is -2.39. The van der Waals surface area contributed by atoms with E-state index in [2.05, 4.69) is 0 Å². The molecular formula is C14H19ClN2O3. The Labute approximate surface area is 123 Å². The number of carbonyl (C=O) groups excluding carboxylic acids is 1. The van der Waals surface area contributed by atoms with E-state index in [4.69, 9.17) is 26.8 Å². The predicted octanol–water partition coefficient (Wildman–Crippen LogP) is 2.92. The molecule has 0 unspecified atom stereocenters. The second-order valence-electron chi connectivity index (χ2n) is 5.82. The van der Waals surface area contributed by atoms with Crippen LogP contribution in [0.15, 0.2) is 18.2 Å². The average molecular weight is 299 g/mol. The lowest BCUT2D eigenvalue weighted by Crippen LogP contribution is -2.57. The van der Waals surface area contributed by atoms with Crippen LogP contribution in [0.3, 0.4) is 0 Å². The molecule has 1 fully saturated rings. The standard InChI is InChI=1S/C14H19ClN2O3/c1-14(2,3)20-13(18)17-7-10(8-17)19-12-5-4-9(16)6-11(12)15/h4-6,10H,7-8,16H2,1-3H3. The average Bonchev–Trinajstić information content (AvgIpc) is 2.22. The van der Waals surface area contributed by atoms with Crippen molar-refractivity contribution >= 4 is 23.4 Å². The van der Waals surface area contributed by atoms with E-state index >= 15 is 0 Å². The molecule has 1 aromatic rings. The molecule has 1 aromatic carbocycles. The molecule has 0 radical (unpaired) electrons. The Hall–Kier alpha value is -1.62. The number of nitrogens with two attached hydrogens (primary N) is 1. The monoisotopic (exact) mass is 298 g/mol. The summed E-state index contributed by atoms with van der Waals surface area (Å²) in [6.45, 7) is 6.51. The van der Waals surface area contributed by atoms with Gasteiger partial charge < -0.3 is 20.1 Å². The van der Waals surface area contributed by atoms with Crippen LogP contribution in [0.1, 0.15) is 20.8 Å². The van der Waals surface area contributed by atoms with Crippen molar-refractivity contribution in [3.63, 3.8) is 0 Å². The van der Waals surface area contributed by atoms with Gasteiger partial charge in [-0.15, -0.1) is 0 Å². The maximum absolute atomic E-state index is 11.8. The summed E-state index contributed by atoms with van der Waals surface area (Å²) in [5, 5.41) is 0.473. The van der Waals surface area contributed by atoms with Gasteiger partial charge in [-0.05, 0) is 39.0 Å². The Morgan fingerprint density at radius 2 is 2.05 bits per heavy atom. The Balaban J connectivity index is 1.83. The van der Waals surface area contributed by atoms with E-state index in [-0.39, 0.29) is 12.2 Å². The van der Waals surface area contributed by atoms with Crippen molar-refractivity contribution in [2.24, 2.45) is 0 Å². The van der Waals surface area contributed by atoms with Crippen LogP contribution in [0.2, 0.25) is 5.02 Å².